The minimum Gasteiger partial charge on any atom is -0.399 e. The first kappa shape index (κ1) is 7.39. The van der Waals surface area contributed by atoms with Crippen LogP contribution in [0.5, 0.6) is 0 Å². The summed E-state index contributed by atoms with van der Waals surface area (Å²) >= 11 is 0. The molecule has 56 valence electrons. The largest absolute Gasteiger partial charge is 0.399 e. The monoisotopic (exact) mass is 137 g/mol. The molecule has 0 aromatic carbocycles. The summed E-state index contributed by atoms with van der Waals surface area (Å²) in [6, 6.07) is 0. The van der Waals surface area contributed by atoms with Crippen LogP contribution in [0.3, 0.4) is 0 Å². The van der Waals surface area contributed by atoms with Gasteiger partial charge in [-0.3, -0.25) is 0 Å². The first-order chi connectivity index (χ1) is 4.84. The van der Waals surface area contributed by atoms with Crippen LogP contribution in [-0.2, 0) is 0 Å². The van der Waals surface area contributed by atoms with Crippen molar-refractivity contribution in [2.24, 2.45) is 5.73 Å². The molecule has 1 heteroatoms. The highest BCUT2D eigenvalue weighted by molar-refractivity contribution is 5.28. The van der Waals surface area contributed by atoms with E-state index in [2.05, 4.69) is 6.08 Å². The molecule has 0 saturated carbocycles. The molecule has 0 unspecified atom stereocenters. The van der Waals surface area contributed by atoms with Crippen molar-refractivity contribution in [3.05, 3.63) is 23.4 Å². The van der Waals surface area contributed by atoms with Crippen molar-refractivity contribution < 1.29 is 0 Å². The average molecular weight is 137 g/mol. The Morgan fingerprint density at radius 2 is 2.40 bits per heavy atom. The van der Waals surface area contributed by atoms with Gasteiger partial charge in [-0.25, -0.2) is 0 Å². The molecular weight excluding hydrogens is 122 g/mol. The van der Waals surface area contributed by atoms with E-state index in [-0.39, 0.29) is 0 Å². The standard InChI is InChI=1S/C9H15N/c1-2-9(10)8-6-4-3-5-7-8/h2,6H,3-5,7,10H2,1H3. The number of allylic oxidation sites excluding steroid dienone is 3. The predicted molar refractivity (Wildman–Crippen MR) is 44.5 cm³/mol. The highest BCUT2D eigenvalue weighted by Crippen LogP contribution is 2.20. The van der Waals surface area contributed by atoms with Gasteiger partial charge in [0.1, 0.15) is 0 Å². The van der Waals surface area contributed by atoms with Crippen LogP contribution in [0.4, 0.5) is 0 Å². The molecule has 1 nitrogen and oxygen atoms in total. The lowest BCUT2D eigenvalue weighted by Gasteiger charge is -2.11. The van der Waals surface area contributed by atoms with Gasteiger partial charge in [-0.1, -0.05) is 12.2 Å². The second-order valence-corrected chi connectivity index (χ2v) is 2.72. The van der Waals surface area contributed by atoms with Crippen molar-refractivity contribution in [3.8, 4) is 0 Å². The van der Waals surface area contributed by atoms with E-state index in [1.165, 1.54) is 31.3 Å². The number of rotatable bonds is 1. The van der Waals surface area contributed by atoms with E-state index in [0.29, 0.717) is 0 Å². The molecule has 0 saturated heterocycles. The molecule has 0 spiro atoms. The number of nitrogens with two attached hydrogens (primary N) is 1. The Kier molecular flexibility index (Phi) is 2.55. The summed E-state index contributed by atoms with van der Waals surface area (Å²) in [5.41, 5.74) is 8.07. The highest BCUT2D eigenvalue weighted by Gasteiger charge is 2.03. The third kappa shape index (κ3) is 1.63. The van der Waals surface area contributed by atoms with Crippen LogP contribution in [0.25, 0.3) is 0 Å². The average Bonchev–Trinajstić information content (AvgIpc) is 2.05. The van der Waals surface area contributed by atoms with Crippen molar-refractivity contribution in [3.63, 3.8) is 0 Å². The van der Waals surface area contributed by atoms with Gasteiger partial charge in [0.05, 0.1) is 0 Å². The molecule has 0 fully saturated rings. The minimum absolute atomic E-state index is 0.972. The van der Waals surface area contributed by atoms with Crippen molar-refractivity contribution in [1.29, 1.82) is 0 Å². The Labute approximate surface area is 62.6 Å². The van der Waals surface area contributed by atoms with E-state index in [0.717, 1.165) is 5.70 Å². The highest BCUT2D eigenvalue weighted by atomic mass is 14.6. The molecule has 1 aliphatic carbocycles. The summed E-state index contributed by atoms with van der Waals surface area (Å²) < 4.78 is 0. The van der Waals surface area contributed by atoms with Gasteiger partial charge in [0.15, 0.2) is 0 Å². The smallest absolute Gasteiger partial charge is 0.0299 e. The third-order valence-electron chi connectivity index (χ3n) is 1.97. The van der Waals surface area contributed by atoms with E-state index in [9.17, 15) is 0 Å². The first-order valence-corrected chi connectivity index (χ1v) is 3.96. The van der Waals surface area contributed by atoms with Gasteiger partial charge in [-0.15, -0.1) is 0 Å². The fourth-order valence-corrected chi connectivity index (χ4v) is 1.29. The SMILES string of the molecule is CC=C(N)C1=CCCCC1. The van der Waals surface area contributed by atoms with Gasteiger partial charge in [-0.2, -0.15) is 0 Å². The second-order valence-electron chi connectivity index (χ2n) is 2.72. The summed E-state index contributed by atoms with van der Waals surface area (Å²) in [6.45, 7) is 1.99. The maximum Gasteiger partial charge on any atom is 0.0299 e. The molecular formula is C9H15N. The maximum absolute atomic E-state index is 5.74. The van der Waals surface area contributed by atoms with Crippen LogP contribution < -0.4 is 5.73 Å². The topological polar surface area (TPSA) is 26.0 Å². The van der Waals surface area contributed by atoms with E-state index in [1.807, 2.05) is 13.0 Å². The van der Waals surface area contributed by atoms with E-state index in [1.54, 1.807) is 0 Å². The lowest BCUT2D eigenvalue weighted by Crippen LogP contribution is -2.03. The maximum atomic E-state index is 5.74. The second kappa shape index (κ2) is 3.45. The van der Waals surface area contributed by atoms with Crippen LogP contribution >= 0.6 is 0 Å². The summed E-state index contributed by atoms with van der Waals surface area (Å²) in [4.78, 5) is 0. The van der Waals surface area contributed by atoms with Crippen LogP contribution in [0.1, 0.15) is 32.6 Å². The molecule has 0 aliphatic heterocycles. The lowest BCUT2D eigenvalue weighted by molar-refractivity contribution is 0.704. The Hall–Kier alpha value is -0.720. The predicted octanol–water partition coefficient (Wildman–Crippen LogP) is 2.35. The number of hydrogen-bond acceptors (Lipinski definition) is 1. The fourth-order valence-electron chi connectivity index (χ4n) is 1.29. The van der Waals surface area contributed by atoms with Crippen LogP contribution in [0.15, 0.2) is 23.4 Å². The lowest BCUT2D eigenvalue weighted by atomic mass is 9.97. The van der Waals surface area contributed by atoms with E-state index >= 15 is 0 Å². The molecule has 0 aromatic rings. The Bertz CT molecular complexity index is 166. The van der Waals surface area contributed by atoms with Crippen LogP contribution in [0.2, 0.25) is 0 Å². The minimum atomic E-state index is 0.972. The third-order valence-corrected chi connectivity index (χ3v) is 1.97. The fraction of sp³-hybridized carbons (Fsp3) is 0.556. The Morgan fingerprint density at radius 1 is 1.60 bits per heavy atom. The van der Waals surface area contributed by atoms with Gasteiger partial charge in [0.25, 0.3) is 0 Å². The molecule has 0 amide bonds. The first-order valence-electron chi connectivity index (χ1n) is 3.96. The van der Waals surface area contributed by atoms with Crippen molar-refractivity contribution in [1.82, 2.24) is 0 Å². The van der Waals surface area contributed by atoms with E-state index < -0.39 is 0 Å². The van der Waals surface area contributed by atoms with Gasteiger partial charge >= 0.3 is 0 Å². The molecule has 0 bridgehead atoms. The summed E-state index contributed by atoms with van der Waals surface area (Å²) in [7, 11) is 0. The molecule has 1 rings (SSSR count). The molecule has 2 N–H and O–H groups in total. The Morgan fingerprint density at radius 3 is 2.90 bits per heavy atom. The summed E-state index contributed by atoms with van der Waals surface area (Å²) in [6.07, 6.45) is 9.27. The Balaban J connectivity index is 2.62. The zero-order chi connectivity index (χ0) is 7.40. The van der Waals surface area contributed by atoms with Gasteiger partial charge < -0.3 is 5.73 Å². The molecule has 0 heterocycles. The van der Waals surface area contributed by atoms with Crippen molar-refractivity contribution in [2.75, 3.05) is 0 Å². The van der Waals surface area contributed by atoms with E-state index in [4.69, 9.17) is 5.73 Å². The summed E-state index contributed by atoms with van der Waals surface area (Å²) in [5, 5.41) is 0. The molecule has 0 aromatic heterocycles. The van der Waals surface area contributed by atoms with Crippen molar-refractivity contribution in [2.45, 2.75) is 32.6 Å². The van der Waals surface area contributed by atoms with Crippen LogP contribution in [0, 0.1) is 0 Å². The number of hydrogen-bond donors (Lipinski definition) is 1. The molecule has 0 atom stereocenters. The van der Waals surface area contributed by atoms with Crippen LogP contribution in [-0.4, -0.2) is 0 Å². The quantitative estimate of drug-likeness (QED) is 0.590. The summed E-state index contributed by atoms with van der Waals surface area (Å²) in [5.74, 6) is 0. The van der Waals surface area contributed by atoms with Gasteiger partial charge in [0.2, 0.25) is 0 Å². The van der Waals surface area contributed by atoms with Gasteiger partial charge in [-0.05, 0) is 38.2 Å². The molecule has 0 radical (unpaired) electrons. The zero-order valence-electron chi connectivity index (χ0n) is 6.56. The zero-order valence-corrected chi connectivity index (χ0v) is 6.56. The normalized spacial score (nSPS) is 20.5. The van der Waals surface area contributed by atoms with Gasteiger partial charge in [0, 0.05) is 5.70 Å². The molecule has 1 aliphatic rings. The molecule has 10 heavy (non-hydrogen) atoms. The van der Waals surface area contributed by atoms with Crippen molar-refractivity contribution >= 4 is 0 Å².